The van der Waals surface area contributed by atoms with Crippen molar-refractivity contribution in [3.63, 3.8) is 0 Å². The number of halogens is 6. The maximum absolute atomic E-state index is 14.2. The second-order valence-electron chi connectivity index (χ2n) is 6.34. The lowest BCUT2D eigenvalue weighted by molar-refractivity contribution is -0.384. The summed E-state index contributed by atoms with van der Waals surface area (Å²) in [4.78, 5) is 14.4. The van der Waals surface area contributed by atoms with E-state index in [-0.39, 0.29) is 0 Å². The zero-order valence-corrected chi connectivity index (χ0v) is 15.7. The van der Waals surface area contributed by atoms with Gasteiger partial charge in [0.2, 0.25) is 0 Å². The summed E-state index contributed by atoms with van der Waals surface area (Å²) in [6, 6.07) is 8.07. The van der Waals surface area contributed by atoms with Gasteiger partial charge in [-0.1, -0.05) is 35.5 Å². The van der Waals surface area contributed by atoms with Crippen LogP contribution in [0.5, 0.6) is 0 Å². The molecule has 14 heteroatoms. The van der Waals surface area contributed by atoms with Gasteiger partial charge in [0, 0.05) is 23.3 Å². The van der Waals surface area contributed by atoms with Crippen LogP contribution < -0.4 is 0 Å². The first kappa shape index (κ1) is 22.5. The Hall–Kier alpha value is -3.16. The van der Waals surface area contributed by atoms with Crippen molar-refractivity contribution in [1.82, 2.24) is 0 Å². The summed E-state index contributed by atoms with van der Waals surface area (Å²) in [6.07, 6.45) is -5.65. The highest BCUT2D eigenvalue weighted by Crippen LogP contribution is 2.53. The first-order valence-electron chi connectivity index (χ1n) is 8.17. The van der Waals surface area contributed by atoms with Crippen molar-refractivity contribution in [3.05, 3.63) is 75.8 Å². The Morgan fingerprint density at radius 1 is 0.968 bits per heavy atom. The molecule has 0 saturated heterocycles. The van der Waals surface area contributed by atoms with E-state index in [9.17, 15) is 44.9 Å². The minimum Gasteiger partial charge on any atom is -0.372 e. The summed E-state index contributed by atoms with van der Waals surface area (Å²) in [6.45, 7) is 0. The van der Waals surface area contributed by atoms with Crippen LogP contribution in [0.4, 0.5) is 32.0 Å². The van der Waals surface area contributed by atoms with Gasteiger partial charge in [-0.3, -0.25) is 10.1 Å². The van der Waals surface area contributed by atoms with Gasteiger partial charge in [-0.15, -0.1) is 0 Å². The van der Waals surface area contributed by atoms with E-state index in [2.05, 4.69) is 9.99 Å². The molecule has 0 saturated carbocycles. The van der Waals surface area contributed by atoms with Crippen LogP contribution in [0.15, 0.2) is 59.8 Å². The van der Waals surface area contributed by atoms with Gasteiger partial charge >= 0.3 is 11.7 Å². The molecule has 2 atom stereocenters. The van der Waals surface area contributed by atoms with Crippen LogP contribution >= 0.6 is 0 Å². The monoisotopic (exact) mass is 468 g/mol. The molecule has 0 spiro atoms. The molecule has 0 aromatic heterocycles. The molecule has 0 fully saturated rings. The van der Waals surface area contributed by atoms with Gasteiger partial charge in [-0.05, 0) is 12.1 Å². The predicted octanol–water partition coefficient (Wildman–Crippen LogP) is 4.09. The van der Waals surface area contributed by atoms with Gasteiger partial charge in [-0.2, -0.15) is 26.3 Å². The van der Waals surface area contributed by atoms with Crippen LogP contribution in [0.3, 0.4) is 0 Å². The van der Waals surface area contributed by atoms with Crippen LogP contribution in [0.25, 0.3) is 0 Å². The van der Waals surface area contributed by atoms with Crippen molar-refractivity contribution in [2.45, 2.75) is 22.5 Å². The minimum atomic E-state index is -6.55. The van der Waals surface area contributed by atoms with Crippen LogP contribution in [0.1, 0.15) is 11.1 Å². The molecule has 0 radical (unpaired) electrons. The van der Waals surface area contributed by atoms with E-state index in [1.165, 1.54) is 6.07 Å². The summed E-state index contributed by atoms with van der Waals surface area (Å²) in [5.41, 5.74) is -13.2. The lowest BCUT2D eigenvalue weighted by Crippen LogP contribution is -2.58. The van der Waals surface area contributed by atoms with Crippen molar-refractivity contribution in [3.8, 4) is 0 Å². The Kier molecular flexibility index (Phi) is 5.24. The van der Waals surface area contributed by atoms with Crippen molar-refractivity contribution in [1.29, 1.82) is 0 Å². The van der Waals surface area contributed by atoms with Crippen LogP contribution in [-0.2, 0) is 20.3 Å². The van der Waals surface area contributed by atoms with E-state index in [0.29, 0.717) is 0 Å². The molecular weight excluding hydrogens is 458 g/mol. The summed E-state index contributed by atoms with van der Waals surface area (Å²) < 4.78 is 108. The van der Waals surface area contributed by atoms with Gasteiger partial charge < -0.3 is 4.84 Å². The Morgan fingerprint density at radius 3 is 1.97 bits per heavy atom. The van der Waals surface area contributed by atoms with Crippen LogP contribution in [0, 0.1) is 10.1 Å². The fraction of sp³-hybridized carbons (Fsp3) is 0.235. The minimum absolute atomic E-state index is 0.523. The zero-order valence-electron chi connectivity index (χ0n) is 14.9. The highest BCUT2D eigenvalue weighted by atomic mass is 32.2. The second-order valence-corrected chi connectivity index (χ2v) is 8.37. The normalized spacial score (nSPS) is 22.0. The Morgan fingerprint density at radius 2 is 1.52 bits per heavy atom. The Bertz CT molecular complexity index is 1130. The number of non-ortho nitro benzene ring substituents is 1. The number of alkyl halides is 6. The third-order valence-electron chi connectivity index (χ3n) is 4.54. The van der Waals surface area contributed by atoms with Gasteiger partial charge in [-0.25, -0.2) is 8.42 Å². The van der Waals surface area contributed by atoms with Gasteiger partial charge in [0.25, 0.3) is 21.1 Å². The number of rotatable bonds is 4. The standard InChI is InChI=1S/C17H10F6N2O5S/c18-16(19,20)15(11-4-2-1-3-5-11)14(31(28,29)17(21,22)23)13(24-30-15)10-6-8-12(9-7-10)25(26)27/h1-9,14H/t14-,15-/m0/s1. The molecule has 0 bridgehead atoms. The average molecular weight is 468 g/mol. The summed E-state index contributed by atoms with van der Waals surface area (Å²) in [5.74, 6) is 0. The molecule has 2 aromatic carbocycles. The number of benzene rings is 2. The average Bonchev–Trinajstić information content (AvgIpc) is 3.10. The summed E-state index contributed by atoms with van der Waals surface area (Å²) >= 11 is 0. The molecule has 166 valence electrons. The molecular formula is C17H10F6N2O5S. The van der Waals surface area contributed by atoms with Gasteiger partial charge in [0.05, 0.1) is 4.92 Å². The van der Waals surface area contributed by atoms with Gasteiger partial charge in [0.15, 0.2) is 5.25 Å². The van der Waals surface area contributed by atoms with E-state index < -0.39 is 59.8 Å². The molecule has 0 N–H and O–H groups in total. The SMILES string of the molecule is O=[N+]([O-])c1ccc(C2=NO[C@](c3ccccc3)(C(F)(F)F)[C@H]2S(=O)(=O)C(F)(F)F)cc1. The largest absolute Gasteiger partial charge is 0.498 e. The van der Waals surface area contributed by atoms with E-state index in [1.807, 2.05) is 0 Å². The number of nitro groups is 1. The van der Waals surface area contributed by atoms with Gasteiger partial charge in [0.1, 0.15) is 5.71 Å². The molecule has 1 aliphatic heterocycles. The van der Waals surface area contributed by atoms with Crippen molar-refractivity contribution in [2.75, 3.05) is 0 Å². The maximum atomic E-state index is 14.2. The third-order valence-corrected chi connectivity index (χ3v) is 6.36. The molecule has 0 unspecified atom stereocenters. The number of nitro benzene ring substituents is 1. The number of sulfone groups is 1. The first-order chi connectivity index (χ1) is 14.2. The number of nitrogens with zero attached hydrogens (tertiary/aromatic N) is 2. The van der Waals surface area contributed by atoms with Crippen molar-refractivity contribution < 1.29 is 44.5 Å². The van der Waals surface area contributed by atoms with E-state index in [1.54, 1.807) is 0 Å². The smallest absolute Gasteiger partial charge is 0.372 e. The maximum Gasteiger partial charge on any atom is 0.498 e. The van der Waals surface area contributed by atoms with Crippen LogP contribution in [0.2, 0.25) is 0 Å². The lowest BCUT2D eigenvalue weighted by atomic mass is 9.86. The molecule has 2 aromatic rings. The summed E-state index contributed by atoms with van der Waals surface area (Å²) in [7, 11) is -6.55. The predicted molar refractivity (Wildman–Crippen MR) is 93.7 cm³/mol. The van der Waals surface area contributed by atoms with E-state index in [4.69, 9.17) is 0 Å². The molecule has 7 nitrogen and oxygen atoms in total. The Balaban J connectivity index is 2.30. The molecule has 31 heavy (non-hydrogen) atoms. The first-order valence-corrected chi connectivity index (χ1v) is 9.71. The van der Waals surface area contributed by atoms with Crippen molar-refractivity contribution >= 4 is 21.2 Å². The van der Waals surface area contributed by atoms with E-state index >= 15 is 0 Å². The highest BCUT2D eigenvalue weighted by molar-refractivity contribution is 7.93. The van der Waals surface area contributed by atoms with Crippen LogP contribution in [-0.4, -0.2) is 36.0 Å². The summed E-state index contributed by atoms with van der Waals surface area (Å²) in [5, 5.41) is 10.5. The second kappa shape index (κ2) is 7.21. The van der Waals surface area contributed by atoms with Crippen molar-refractivity contribution in [2.24, 2.45) is 5.16 Å². The lowest BCUT2D eigenvalue weighted by Gasteiger charge is -2.35. The third kappa shape index (κ3) is 3.49. The zero-order chi connectivity index (χ0) is 23.2. The molecule has 0 amide bonds. The topological polar surface area (TPSA) is 98.9 Å². The number of hydrogen-bond acceptors (Lipinski definition) is 6. The Labute approximate surface area is 170 Å². The molecule has 1 heterocycles. The molecule has 3 rings (SSSR count). The fourth-order valence-corrected chi connectivity index (χ4v) is 4.61. The molecule has 0 aliphatic carbocycles. The number of oxime groups is 1. The quantitative estimate of drug-likeness (QED) is 0.383. The molecule has 1 aliphatic rings. The number of hydrogen-bond donors (Lipinski definition) is 0. The van der Waals surface area contributed by atoms with E-state index in [0.717, 1.165) is 48.5 Å². The fourth-order valence-electron chi connectivity index (χ4n) is 3.12. The highest BCUT2D eigenvalue weighted by Gasteiger charge is 2.75.